The van der Waals surface area contributed by atoms with E-state index in [1.54, 1.807) is 11.3 Å². The molecular formula is C14H23NO2S. The van der Waals surface area contributed by atoms with E-state index in [0.29, 0.717) is 13.0 Å². The lowest BCUT2D eigenvalue weighted by Gasteiger charge is -2.21. The first kappa shape index (κ1) is 15.2. The standard InChI is InChI=1S/C14H23NO2S/c1-14(2,11-16)7-3-8-15-13(17)5-4-12-6-9-18-10-12/h6,9-10,16H,3-5,7-8,11H2,1-2H3,(H,15,17). The monoisotopic (exact) mass is 269 g/mol. The van der Waals surface area contributed by atoms with Crippen molar-refractivity contribution in [1.29, 1.82) is 0 Å². The number of aryl methyl sites for hydroxylation is 1. The van der Waals surface area contributed by atoms with Gasteiger partial charge >= 0.3 is 0 Å². The number of carbonyl (C=O) groups excluding carboxylic acids is 1. The van der Waals surface area contributed by atoms with Crippen LogP contribution < -0.4 is 5.32 Å². The second-order valence-corrected chi connectivity index (χ2v) is 6.19. The van der Waals surface area contributed by atoms with Gasteiger partial charge in [0.15, 0.2) is 0 Å². The van der Waals surface area contributed by atoms with Crippen molar-refractivity contribution >= 4 is 17.2 Å². The van der Waals surface area contributed by atoms with Crippen LogP contribution in [0.5, 0.6) is 0 Å². The third-order valence-corrected chi connectivity index (χ3v) is 3.73. The topological polar surface area (TPSA) is 49.3 Å². The smallest absolute Gasteiger partial charge is 0.220 e. The minimum Gasteiger partial charge on any atom is -0.396 e. The maximum absolute atomic E-state index is 11.6. The molecule has 0 fully saturated rings. The molecule has 0 aromatic carbocycles. The molecule has 0 spiro atoms. The minimum absolute atomic E-state index is 0.0403. The molecule has 1 rings (SSSR count). The van der Waals surface area contributed by atoms with E-state index in [4.69, 9.17) is 5.11 Å². The van der Waals surface area contributed by atoms with Crippen LogP contribution in [0.25, 0.3) is 0 Å². The number of aliphatic hydroxyl groups excluding tert-OH is 1. The quantitative estimate of drug-likeness (QED) is 0.713. The van der Waals surface area contributed by atoms with E-state index in [0.717, 1.165) is 19.3 Å². The Kier molecular flexibility index (Phi) is 6.36. The summed E-state index contributed by atoms with van der Waals surface area (Å²) in [5.74, 6) is 0.114. The molecule has 1 aromatic rings. The maximum atomic E-state index is 11.6. The van der Waals surface area contributed by atoms with Crippen molar-refractivity contribution in [3.05, 3.63) is 22.4 Å². The Morgan fingerprint density at radius 3 is 2.89 bits per heavy atom. The molecule has 0 saturated heterocycles. The van der Waals surface area contributed by atoms with E-state index in [1.807, 2.05) is 19.2 Å². The summed E-state index contributed by atoms with van der Waals surface area (Å²) in [5, 5.41) is 16.1. The van der Waals surface area contributed by atoms with E-state index in [9.17, 15) is 4.79 Å². The second kappa shape index (κ2) is 7.54. The molecule has 102 valence electrons. The first-order valence-electron chi connectivity index (χ1n) is 6.42. The molecule has 1 aromatic heterocycles. The zero-order valence-corrected chi connectivity index (χ0v) is 12.1. The normalized spacial score (nSPS) is 11.5. The zero-order valence-electron chi connectivity index (χ0n) is 11.2. The summed E-state index contributed by atoms with van der Waals surface area (Å²) in [7, 11) is 0. The third kappa shape index (κ3) is 6.17. The van der Waals surface area contributed by atoms with Crippen LogP contribution in [0.3, 0.4) is 0 Å². The average molecular weight is 269 g/mol. The van der Waals surface area contributed by atoms with E-state index >= 15 is 0 Å². The van der Waals surface area contributed by atoms with Gasteiger partial charge in [-0.05, 0) is 47.1 Å². The molecule has 0 aliphatic rings. The zero-order chi connectivity index (χ0) is 13.4. The van der Waals surface area contributed by atoms with E-state index in [-0.39, 0.29) is 17.9 Å². The average Bonchev–Trinajstić information content (AvgIpc) is 2.85. The fraction of sp³-hybridized carbons (Fsp3) is 0.643. The molecule has 0 atom stereocenters. The predicted molar refractivity (Wildman–Crippen MR) is 75.8 cm³/mol. The van der Waals surface area contributed by atoms with Crippen LogP contribution >= 0.6 is 11.3 Å². The molecule has 0 bridgehead atoms. The lowest BCUT2D eigenvalue weighted by atomic mass is 9.89. The summed E-state index contributed by atoms with van der Waals surface area (Å²) in [6.07, 6.45) is 3.21. The maximum Gasteiger partial charge on any atom is 0.220 e. The summed E-state index contributed by atoms with van der Waals surface area (Å²) in [4.78, 5) is 11.6. The highest BCUT2D eigenvalue weighted by Crippen LogP contribution is 2.20. The Labute approximate surface area is 113 Å². The lowest BCUT2D eigenvalue weighted by molar-refractivity contribution is -0.121. The van der Waals surface area contributed by atoms with Gasteiger partial charge in [0, 0.05) is 19.6 Å². The van der Waals surface area contributed by atoms with Crippen molar-refractivity contribution in [2.45, 2.75) is 39.5 Å². The number of nitrogens with one attached hydrogen (secondary N) is 1. The molecule has 1 heterocycles. The van der Waals surface area contributed by atoms with Crippen LogP contribution in [-0.4, -0.2) is 24.2 Å². The van der Waals surface area contributed by atoms with Crippen LogP contribution in [-0.2, 0) is 11.2 Å². The SMILES string of the molecule is CC(C)(CO)CCCNC(=O)CCc1ccsc1. The number of amides is 1. The van der Waals surface area contributed by atoms with E-state index < -0.39 is 0 Å². The first-order chi connectivity index (χ1) is 8.53. The molecule has 0 aliphatic carbocycles. The Morgan fingerprint density at radius 2 is 2.28 bits per heavy atom. The van der Waals surface area contributed by atoms with Crippen molar-refractivity contribution in [1.82, 2.24) is 5.32 Å². The highest BCUT2D eigenvalue weighted by Gasteiger charge is 2.15. The number of hydrogen-bond acceptors (Lipinski definition) is 3. The summed E-state index contributed by atoms with van der Waals surface area (Å²) in [6.45, 7) is 4.96. The summed E-state index contributed by atoms with van der Waals surface area (Å²) < 4.78 is 0. The van der Waals surface area contributed by atoms with Crippen molar-refractivity contribution in [2.24, 2.45) is 5.41 Å². The molecule has 0 radical (unpaired) electrons. The second-order valence-electron chi connectivity index (χ2n) is 5.41. The molecule has 0 aliphatic heterocycles. The van der Waals surface area contributed by atoms with Crippen LogP contribution in [0.15, 0.2) is 16.8 Å². The number of rotatable bonds is 8. The molecule has 18 heavy (non-hydrogen) atoms. The first-order valence-corrected chi connectivity index (χ1v) is 7.36. The molecule has 0 unspecified atom stereocenters. The predicted octanol–water partition coefficient (Wildman–Crippen LogP) is 2.60. The minimum atomic E-state index is -0.0403. The molecule has 3 nitrogen and oxygen atoms in total. The van der Waals surface area contributed by atoms with E-state index in [1.165, 1.54) is 5.56 Å². The summed E-state index contributed by atoms with van der Waals surface area (Å²) in [5.41, 5.74) is 1.19. The molecule has 4 heteroatoms. The Bertz CT molecular complexity index is 347. The fourth-order valence-electron chi connectivity index (χ4n) is 1.65. The van der Waals surface area contributed by atoms with Crippen LogP contribution in [0, 0.1) is 5.41 Å². The summed E-state index contributed by atoms with van der Waals surface area (Å²) >= 11 is 1.66. The van der Waals surface area contributed by atoms with Crippen molar-refractivity contribution in [3.8, 4) is 0 Å². The van der Waals surface area contributed by atoms with Crippen molar-refractivity contribution < 1.29 is 9.90 Å². The third-order valence-electron chi connectivity index (χ3n) is 3.00. The number of carbonyl (C=O) groups is 1. The van der Waals surface area contributed by atoms with Gasteiger partial charge < -0.3 is 10.4 Å². The van der Waals surface area contributed by atoms with Crippen LogP contribution in [0.1, 0.15) is 38.7 Å². The van der Waals surface area contributed by atoms with Gasteiger partial charge in [-0.1, -0.05) is 13.8 Å². The number of aliphatic hydroxyl groups is 1. The van der Waals surface area contributed by atoms with Gasteiger partial charge in [0.05, 0.1) is 0 Å². The Balaban J connectivity index is 2.07. The Hall–Kier alpha value is -0.870. The highest BCUT2D eigenvalue weighted by molar-refractivity contribution is 7.07. The van der Waals surface area contributed by atoms with Gasteiger partial charge in [0.25, 0.3) is 0 Å². The van der Waals surface area contributed by atoms with Gasteiger partial charge in [-0.25, -0.2) is 0 Å². The van der Waals surface area contributed by atoms with Gasteiger partial charge in [0.2, 0.25) is 5.91 Å². The van der Waals surface area contributed by atoms with E-state index in [2.05, 4.69) is 16.8 Å². The van der Waals surface area contributed by atoms with Gasteiger partial charge in [-0.3, -0.25) is 4.79 Å². The summed E-state index contributed by atoms with van der Waals surface area (Å²) in [6, 6.07) is 2.06. The lowest BCUT2D eigenvalue weighted by Crippen LogP contribution is -2.26. The van der Waals surface area contributed by atoms with Gasteiger partial charge in [-0.2, -0.15) is 11.3 Å². The Morgan fingerprint density at radius 1 is 1.50 bits per heavy atom. The molecular weight excluding hydrogens is 246 g/mol. The van der Waals surface area contributed by atoms with Crippen LogP contribution in [0.4, 0.5) is 0 Å². The molecule has 1 amide bonds. The van der Waals surface area contributed by atoms with Crippen LogP contribution in [0.2, 0.25) is 0 Å². The molecule has 0 saturated carbocycles. The van der Waals surface area contributed by atoms with Gasteiger partial charge in [0.1, 0.15) is 0 Å². The van der Waals surface area contributed by atoms with Crippen molar-refractivity contribution in [3.63, 3.8) is 0 Å². The van der Waals surface area contributed by atoms with Gasteiger partial charge in [-0.15, -0.1) is 0 Å². The fourth-order valence-corrected chi connectivity index (χ4v) is 2.36. The molecule has 2 N–H and O–H groups in total. The number of thiophene rings is 1. The number of hydrogen-bond donors (Lipinski definition) is 2. The highest BCUT2D eigenvalue weighted by atomic mass is 32.1. The largest absolute Gasteiger partial charge is 0.396 e. The van der Waals surface area contributed by atoms with Crippen molar-refractivity contribution in [2.75, 3.05) is 13.2 Å².